The molecule has 1 aromatic carbocycles. The van der Waals surface area contributed by atoms with E-state index in [-0.39, 0.29) is 5.91 Å². The lowest BCUT2D eigenvalue weighted by atomic mass is 10.1. The van der Waals surface area contributed by atoms with Crippen molar-refractivity contribution in [3.05, 3.63) is 29.8 Å². The van der Waals surface area contributed by atoms with Gasteiger partial charge < -0.3 is 9.80 Å². The summed E-state index contributed by atoms with van der Waals surface area (Å²) in [5.41, 5.74) is 1.42. The first-order valence-electron chi connectivity index (χ1n) is 6.41. The number of hydrogen-bond donors (Lipinski definition) is 0. The van der Waals surface area contributed by atoms with E-state index in [9.17, 15) is 4.79 Å². The molecule has 0 saturated heterocycles. The molecule has 0 heterocycles. The van der Waals surface area contributed by atoms with E-state index in [2.05, 4.69) is 6.07 Å². The molecule has 0 aromatic heterocycles. The first-order chi connectivity index (χ1) is 9.60. The largest absolute Gasteiger partial charge is 0.373 e. The Kier molecular flexibility index (Phi) is 6.06. The van der Waals surface area contributed by atoms with E-state index in [1.807, 2.05) is 36.2 Å². The van der Waals surface area contributed by atoms with Crippen LogP contribution in [0.2, 0.25) is 0 Å². The summed E-state index contributed by atoms with van der Waals surface area (Å²) in [7, 11) is 3.56. The van der Waals surface area contributed by atoms with Gasteiger partial charge in [0, 0.05) is 33.6 Å². The number of nitrogens with zero attached hydrogens (tertiary/aromatic N) is 4. The highest BCUT2D eigenvalue weighted by Crippen LogP contribution is 2.18. The quantitative estimate of drug-likeness (QED) is 0.789. The lowest BCUT2D eigenvalue weighted by Gasteiger charge is -2.22. The van der Waals surface area contributed by atoms with Crippen LogP contribution in [-0.2, 0) is 4.79 Å². The number of para-hydroxylation sites is 1. The molecule has 0 saturated carbocycles. The molecule has 1 amide bonds. The molecular formula is C15H18N4O. The van der Waals surface area contributed by atoms with E-state index in [0.717, 1.165) is 5.69 Å². The first kappa shape index (κ1) is 15.5. The number of benzene rings is 1. The number of rotatable bonds is 6. The van der Waals surface area contributed by atoms with Gasteiger partial charge in [0.1, 0.15) is 6.07 Å². The van der Waals surface area contributed by atoms with Crippen molar-refractivity contribution in [2.75, 3.05) is 32.1 Å². The zero-order valence-electron chi connectivity index (χ0n) is 11.8. The average molecular weight is 270 g/mol. The van der Waals surface area contributed by atoms with Gasteiger partial charge in [-0.3, -0.25) is 4.79 Å². The van der Waals surface area contributed by atoms with Gasteiger partial charge in [0.05, 0.1) is 23.7 Å². The molecule has 0 unspecified atom stereocenters. The number of amides is 1. The van der Waals surface area contributed by atoms with Crippen LogP contribution >= 0.6 is 0 Å². The fraction of sp³-hybridized carbons (Fsp3) is 0.400. The maximum atomic E-state index is 11.9. The van der Waals surface area contributed by atoms with Gasteiger partial charge in [0.2, 0.25) is 5.91 Å². The van der Waals surface area contributed by atoms with Crippen LogP contribution in [0.25, 0.3) is 0 Å². The third-order valence-corrected chi connectivity index (χ3v) is 3.08. The van der Waals surface area contributed by atoms with Crippen LogP contribution < -0.4 is 4.90 Å². The molecule has 5 heteroatoms. The standard InChI is InChI=1S/C15H18N4O/c1-18(14-7-4-3-6-13(14)12-17)11-8-15(20)19(2)10-5-9-16/h3-4,6-7H,5,8,10-11H2,1-2H3. The highest BCUT2D eigenvalue weighted by molar-refractivity contribution is 5.76. The maximum absolute atomic E-state index is 11.9. The summed E-state index contributed by atoms with van der Waals surface area (Å²) in [5.74, 6) is 0.00142. The Morgan fingerprint density at radius 1 is 1.20 bits per heavy atom. The van der Waals surface area contributed by atoms with E-state index < -0.39 is 0 Å². The van der Waals surface area contributed by atoms with E-state index in [0.29, 0.717) is 31.5 Å². The summed E-state index contributed by atoms with van der Waals surface area (Å²) in [6, 6.07) is 11.5. The SMILES string of the molecule is CN(CCC#N)C(=O)CCN(C)c1ccccc1C#N. The molecule has 0 aliphatic heterocycles. The summed E-state index contributed by atoms with van der Waals surface area (Å²) in [5, 5.41) is 17.5. The zero-order chi connectivity index (χ0) is 15.0. The Bertz CT molecular complexity index is 542. The van der Waals surface area contributed by atoms with Crippen molar-refractivity contribution in [2.45, 2.75) is 12.8 Å². The minimum atomic E-state index is 0.00142. The molecule has 1 rings (SSSR count). The monoisotopic (exact) mass is 270 g/mol. The smallest absolute Gasteiger partial charge is 0.224 e. The zero-order valence-corrected chi connectivity index (χ0v) is 11.8. The highest BCUT2D eigenvalue weighted by Gasteiger charge is 2.11. The van der Waals surface area contributed by atoms with Crippen LogP contribution in [-0.4, -0.2) is 38.0 Å². The van der Waals surface area contributed by atoms with Crippen LogP contribution in [0.15, 0.2) is 24.3 Å². The van der Waals surface area contributed by atoms with E-state index in [4.69, 9.17) is 10.5 Å². The summed E-state index contributed by atoms with van der Waals surface area (Å²) in [4.78, 5) is 15.3. The summed E-state index contributed by atoms with van der Waals surface area (Å²) >= 11 is 0. The van der Waals surface area contributed by atoms with Gasteiger partial charge in [0.15, 0.2) is 0 Å². The van der Waals surface area contributed by atoms with Gasteiger partial charge in [-0.25, -0.2) is 0 Å². The molecular weight excluding hydrogens is 252 g/mol. The topological polar surface area (TPSA) is 71.1 Å². The molecule has 0 bridgehead atoms. The maximum Gasteiger partial charge on any atom is 0.224 e. The number of anilines is 1. The van der Waals surface area contributed by atoms with Gasteiger partial charge in [-0.1, -0.05) is 12.1 Å². The van der Waals surface area contributed by atoms with Crippen molar-refractivity contribution in [1.82, 2.24) is 4.90 Å². The highest BCUT2D eigenvalue weighted by atomic mass is 16.2. The molecule has 0 aliphatic rings. The summed E-state index contributed by atoms with van der Waals surface area (Å²) in [6.45, 7) is 0.988. The number of carbonyl (C=O) groups is 1. The van der Waals surface area contributed by atoms with Crippen LogP contribution in [0.4, 0.5) is 5.69 Å². The van der Waals surface area contributed by atoms with Gasteiger partial charge in [-0.2, -0.15) is 10.5 Å². The van der Waals surface area contributed by atoms with Crippen LogP contribution in [0.5, 0.6) is 0 Å². The fourth-order valence-electron chi connectivity index (χ4n) is 1.82. The fourth-order valence-corrected chi connectivity index (χ4v) is 1.82. The minimum absolute atomic E-state index is 0.00142. The van der Waals surface area contributed by atoms with Crippen molar-refractivity contribution in [3.63, 3.8) is 0 Å². The molecule has 104 valence electrons. The predicted octanol–water partition coefficient (Wildman–Crippen LogP) is 1.76. The number of hydrogen-bond acceptors (Lipinski definition) is 4. The summed E-state index contributed by atoms with van der Waals surface area (Å²) in [6.07, 6.45) is 0.702. The van der Waals surface area contributed by atoms with Crippen molar-refractivity contribution in [3.8, 4) is 12.1 Å². The van der Waals surface area contributed by atoms with E-state index in [1.165, 1.54) is 0 Å². The summed E-state index contributed by atoms with van der Waals surface area (Å²) < 4.78 is 0. The van der Waals surface area contributed by atoms with Crippen LogP contribution in [0, 0.1) is 22.7 Å². The molecule has 5 nitrogen and oxygen atoms in total. The van der Waals surface area contributed by atoms with Gasteiger partial charge in [-0.05, 0) is 12.1 Å². The molecule has 0 aliphatic carbocycles. The Labute approximate surface area is 119 Å². The van der Waals surface area contributed by atoms with Crippen molar-refractivity contribution < 1.29 is 4.79 Å². The lowest BCUT2D eigenvalue weighted by molar-refractivity contribution is -0.129. The van der Waals surface area contributed by atoms with Gasteiger partial charge >= 0.3 is 0 Å². The Morgan fingerprint density at radius 2 is 1.90 bits per heavy atom. The number of nitriles is 2. The second-order valence-corrected chi connectivity index (χ2v) is 4.52. The van der Waals surface area contributed by atoms with Crippen molar-refractivity contribution in [2.24, 2.45) is 0 Å². The predicted molar refractivity (Wildman–Crippen MR) is 76.9 cm³/mol. The molecule has 0 atom stereocenters. The second kappa shape index (κ2) is 7.81. The Hall–Kier alpha value is -2.53. The first-order valence-corrected chi connectivity index (χ1v) is 6.41. The third kappa shape index (κ3) is 4.29. The second-order valence-electron chi connectivity index (χ2n) is 4.52. The number of carbonyl (C=O) groups excluding carboxylic acids is 1. The van der Waals surface area contributed by atoms with Crippen LogP contribution in [0.3, 0.4) is 0 Å². The minimum Gasteiger partial charge on any atom is -0.373 e. The van der Waals surface area contributed by atoms with E-state index >= 15 is 0 Å². The normalized spacial score (nSPS) is 9.40. The van der Waals surface area contributed by atoms with Crippen molar-refractivity contribution >= 4 is 11.6 Å². The molecule has 0 N–H and O–H groups in total. The third-order valence-electron chi connectivity index (χ3n) is 3.08. The van der Waals surface area contributed by atoms with Crippen LogP contribution in [0.1, 0.15) is 18.4 Å². The molecule has 0 fully saturated rings. The molecule has 0 radical (unpaired) electrons. The lowest BCUT2D eigenvalue weighted by Crippen LogP contribution is -2.31. The van der Waals surface area contributed by atoms with Gasteiger partial charge in [0.25, 0.3) is 0 Å². The van der Waals surface area contributed by atoms with E-state index in [1.54, 1.807) is 18.0 Å². The van der Waals surface area contributed by atoms with Crippen molar-refractivity contribution in [1.29, 1.82) is 10.5 Å². The Morgan fingerprint density at radius 3 is 2.55 bits per heavy atom. The molecule has 1 aromatic rings. The van der Waals surface area contributed by atoms with Gasteiger partial charge in [-0.15, -0.1) is 0 Å². The Balaban J connectivity index is 2.55. The average Bonchev–Trinajstić information content (AvgIpc) is 2.49. The molecule has 20 heavy (non-hydrogen) atoms. The molecule has 0 spiro atoms.